The van der Waals surface area contributed by atoms with Crippen molar-refractivity contribution in [3.63, 3.8) is 0 Å². The normalized spacial score (nSPS) is 30.7. The van der Waals surface area contributed by atoms with Gasteiger partial charge in [-0.05, 0) is 25.0 Å². The summed E-state index contributed by atoms with van der Waals surface area (Å²) in [6.07, 6.45) is 6.51. The lowest BCUT2D eigenvalue weighted by Crippen LogP contribution is -2.59. The summed E-state index contributed by atoms with van der Waals surface area (Å²) < 4.78 is 0. The van der Waals surface area contributed by atoms with Crippen LogP contribution in [0, 0.1) is 5.92 Å². The molecule has 0 bridgehead atoms. The number of hydrogen-bond donors (Lipinski definition) is 2. The monoisotopic (exact) mass is 456 g/mol. The molecule has 2 aliphatic heterocycles. The summed E-state index contributed by atoms with van der Waals surface area (Å²) in [6.45, 7) is 7.06. The highest BCUT2D eigenvalue weighted by Crippen LogP contribution is 2.37. The van der Waals surface area contributed by atoms with Crippen LogP contribution in [-0.2, 0) is 15.1 Å². The Labute approximate surface area is 193 Å². The maximum atomic E-state index is 13.0. The lowest BCUT2D eigenvalue weighted by molar-refractivity contribution is -0.134. The first-order valence-electron chi connectivity index (χ1n) is 11.0. The molecule has 170 valence electrons. The smallest absolute Gasteiger partial charge is 0.322 e. The maximum Gasteiger partial charge on any atom is 0.322 e. The minimum atomic E-state index is -1.21. The van der Waals surface area contributed by atoms with Gasteiger partial charge in [-0.2, -0.15) is 0 Å². The van der Waals surface area contributed by atoms with Gasteiger partial charge in [-0.15, -0.1) is 0 Å². The number of benzene rings is 1. The van der Waals surface area contributed by atoms with E-state index in [-0.39, 0.29) is 30.2 Å². The van der Waals surface area contributed by atoms with Gasteiger partial charge in [0.1, 0.15) is 5.54 Å². The molecule has 8 heteroatoms. The van der Waals surface area contributed by atoms with Gasteiger partial charge in [0.05, 0.1) is 0 Å². The summed E-state index contributed by atoms with van der Waals surface area (Å²) in [7, 11) is 0. The number of carbonyl (C=O) groups is 3. The van der Waals surface area contributed by atoms with Gasteiger partial charge in [0.25, 0.3) is 5.91 Å². The van der Waals surface area contributed by atoms with Crippen molar-refractivity contribution in [2.24, 2.45) is 5.92 Å². The van der Waals surface area contributed by atoms with Crippen LogP contribution < -0.4 is 10.6 Å². The molecule has 0 radical (unpaired) electrons. The van der Waals surface area contributed by atoms with Gasteiger partial charge in [0.15, 0.2) is 0 Å². The number of urea groups is 1. The molecular weight excluding hydrogens is 428 g/mol. The molecule has 2 fully saturated rings. The van der Waals surface area contributed by atoms with Crippen LogP contribution in [0.15, 0.2) is 53.6 Å². The molecule has 32 heavy (non-hydrogen) atoms. The van der Waals surface area contributed by atoms with Gasteiger partial charge in [-0.25, -0.2) is 4.79 Å². The molecule has 1 aromatic rings. The average Bonchev–Trinajstić information content (AvgIpc) is 3.10. The Bertz CT molecular complexity index is 971. The number of halogens is 1. The van der Waals surface area contributed by atoms with E-state index in [0.717, 1.165) is 18.1 Å². The molecule has 3 unspecified atom stereocenters. The first-order chi connectivity index (χ1) is 15.3. The summed E-state index contributed by atoms with van der Waals surface area (Å²) in [5.74, 6) is -0.238. The number of carbonyl (C=O) groups excluding carboxylic acids is 3. The Morgan fingerprint density at radius 2 is 1.84 bits per heavy atom. The second kappa shape index (κ2) is 8.71. The molecular formula is C24H29ClN4O3. The highest BCUT2D eigenvalue weighted by molar-refractivity contribution is 6.30. The minimum Gasteiger partial charge on any atom is -0.340 e. The molecule has 7 nitrogen and oxygen atoms in total. The van der Waals surface area contributed by atoms with E-state index in [4.69, 9.17) is 11.6 Å². The molecule has 2 saturated heterocycles. The van der Waals surface area contributed by atoms with Crippen LogP contribution in [0.5, 0.6) is 0 Å². The highest BCUT2D eigenvalue weighted by Gasteiger charge is 2.48. The van der Waals surface area contributed by atoms with E-state index in [0.29, 0.717) is 18.7 Å². The molecule has 3 atom stereocenters. The minimum absolute atomic E-state index is 0.00998. The van der Waals surface area contributed by atoms with Crippen LogP contribution in [-0.4, -0.2) is 59.4 Å². The second-order valence-electron chi connectivity index (χ2n) is 8.91. The van der Waals surface area contributed by atoms with Crippen molar-refractivity contribution >= 4 is 29.4 Å². The second-order valence-corrected chi connectivity index (χ2v) is 9.34. The predicted octanol–water partition coefficient (Wildman–Crippen LogP) is 2.73. The van der Waals surface area contributed by atoms with Gasteiger partial charge in [-0.1, -0.05) is 61.0 Å². The summed E-state index contributed by atoms with van der Waals surface area (Å²) in [6, 6.07) is 8.55. The van der Waals surface area contributed by atoms with Crippen LogP contribution in [0.3, 0.4) is 0 Å². The Balaban J connectivity index is 1.39. The Kier molecular flexibility index (Phi) is 6.14. The molecule has 2 heterocycles. The standard InChI is InChI=1S/C24H29ClN4O3/c1-17-19(25)9-6-11-23(17,2)29-15-13-28(14-16-29)20(30)10-12-24(18-7-4-3-5-8-18)21(31)26-22(32)27-24/h3-9,11,17H,10,12-16H2,1-2H3,(H2,26,27,31,32). The molecule has 0 spiro atoms. The molecule has 1 aliphatic carbocycles. The Hall–Kier alpha value is -2.64. The molecule has 0 aromatic heterocycles. The van der Waals surface area contributed by atoms with E-state index < -0.39 is 17.5 Å². The zero-order valence-corrected chi connectivity index (χ0v) is 19.2. The number of hydrogen-bond acceptors (Lipinski definition) is 4. The maximum absolute atomic E-state index is 13.0. The topological polar surface area (TPSA) is 81.8 Å². The largest absolute Gasteiger partial charge is 0.340 e. The van der Waals surface area contributed by atoms with Crippen LogP contribution in [0.1, 0.15) is 32.3 Å². The van der Waals surface area contributed by atoms with Crippen LogP contribution in [0.2, 0.25) is 0 Å². The van der Waals surface area contributed by atoms with Crippen LogP contribution >= 0.6 is 11.6 Å². The number of piperazine rings is 1. The third-order valence-corrected chi connectivity index (χ3v) is 7.67. The van der Waals surface area contributed by atoms with Gasteiger partial charge in [0, 0.05) is 49.1 Å². The zero-order valence-electron chi connectivity index (χ0n) is 18.4. The van der Waals surface area contributed by atoms with E-state index in [1.165, 1.54) is 0 Å². The van der Waals surface area contributed by atoms with Crippen molar-refractivity contribution in [3.8, 4) is 0 Å². The van der Waals surface area contributed by atoms with E-state index in [1.807, 2.05) is 35.3 Å². The lowest BCUT2D eigenvalue weighted by atomic mass is 9.81. The number of nitrogens with zero attached hydrogens (tertiary/aromatic N) is 2. The van der Waals surface area contributed by atoms with Gasteiger partial charge >= 0.3 is 6.03 Å². The molecule has 2 N–H and O–H groups in total. The quantitative estimate of drug-likeness (QED) is 0.667. The summed E-state index contributed by atoms with van der Waals surface area (Å²) in [5, 5.41) is 5.92. The Morgan fingerprint density at radius 3 is 2.47 bits per heavy atom. The predicted molar refractivity (Wildman–Crippen MR) is 123 cm³/mol. The molecule has 1 aromatic carbocycles. The molecule has 3 aliphatic rings. The fourth-order valence-electron chi connectivity index (χ4n) is 4.91. The van der Waals surface area contributed by atoms with Crippen molar-refractivity contribution < 1.29 is 14.4 Å². The summed E-state index contributed by atoms with van der Waals surface area (Å²) in [4.78, 5) is 41.8. The first kappa shape index (κ1) is 22.6. The van der Waals surface area contributed by atoms with E-state index in [9.17, 15) is 14.4 Å². The third-order valence-electron chi connectivity index (χ3n) is 7.22. The molecule has 0 saturated carbocycles. The number of amides is 4. The van der Waals surface area contributed by atoms with Crippen molar-refractivity contribution in [2.75, 3.05) is 26.2 Å². The molecule has 4 amide bonds. The van der Waals surface area contributed by atoms with Crippen molar-refractivity contribution in [3.05, 3.63) is 59.2 Å². The summed E-state index contributed by atoms with van der Waals surface area (Å²) >= 11 is 6.40. The van der Waals surface area contributed by atoms with Crippen LogP contribution in [0.4, 0.5) is 4.79 Å². The number of nitrogens with one attached hydrogen (secondary N) is 2. The fourth-order valence-corrected chi connectivity index (χ4v) is 5.20. The average molecular weight is 457 g/mol. The van der Waals surface area contributed by atoms with E-state index in [1.54, 1.807) is 12.1 Å². The van der Waals surface area contributed by atoms with Gasteiger partial charge in [0.2, 0.25) is 5.91 Å². The van der Waals surface area contributed by atoms with E-state index >= 15 is 0 Å². The van der Waals surface area contributed by atoms with Gasteiger partial charge < -0.3 is 10.2 Å². The van der Waals surface area contributed by atoms with Crippen LogP contribution in [0.25, 0.3) is 0 Å². The summed E-state index contributed by atoms with van der Waals surface area (Å²) in [5.41, 5.74) is -0.712. The zero-order chi connectivity index (χ0) is 22.9. The molecule has 4 rings (SSSR count). The first-order valence-corrected chi connectivity index (χ1v) is 11.4. The van der Waals surface area contributed by atoms with Crippen molar-refractivity contribution in [1.29, 1.82) is 0 Å². The van der Waals surface area contributed by atoms with E-state index in [2.05, 4.69) is 35.5 Å². The number of rotatable bonds is 5. The number of imide groups is 1. The highest BCUT2D eigenvalue weighted by atomic mass is 35.5. The SMILES string of the molecule is CC1C(Cl)=CC=CC1(C)N1CCN(C(=O)CCC2(c3ccccc3)NC(=O)NC2=O)CC1. The van der Waals surface area contributed by atoms with Crippen molar-refractivity contribution in [2.45, 2.75) is 37.8 Å². The van der Waals surface area contributed by atoms with Gasteiger partial charge in [-0.3, -0.25) is 19.8 Å². The Morgan fingerprint density at radius 1 is 1.16 bits per heavy atom. The number of allylic oxidation sites excluding steroid dienone is 2. The third kappa shape index (κ3) is 3.95. The fraction of sp³-hybridized carbons (Fsp3) is 0.458. The lowest BCUT2D eigenvalue weighted by Gasteiger charge is -2.48. The van der Waals surface area contributed by atoms with Crippen molar-refractivity contribution in [1.82, 2.24) is 20.4 Å².